The van der Waals surface area contributed by atoms with Crippen LogP contribution in [0.15, 0.2) is 12.5 Å². The molecule has 0 radical (unpaired) electrons. The first-order chi connectivity index (χ1) is 6.08. The number of hydrogen-bond acceptors (Lipinski definition) is 6. The highest BCUT2D eigenvalue weighted by molar-refractivity contribution is 4.63. The van der Waals surface area contributed by atoms with Crippen LogP contribution < -0.4 is 17.4 Å². The van der Waals surface area contributed by atoms with Crippen molar-refractivity contribution in [1.29, 1.82) is 0 Å². The fraction of sp³-hybridized carbons (Fsp3) is 0.714. The van der Waals surface area contributed by atoms with Gasteiger partial charge < -0.3 is 20.0 Å². The summed E-state index contributed by atoms with van der Waals surface area (Å²) in [6, 6.07) is 0. The Balaban J connectivity index is 0. The molecule has 13 heavy (non-hydrogen) atoms. The number of hydrogen-bond donors (Lipinski definition) is 3. The second-order valence-electron chi connectivity index (χ2n) is 1.96. The Hall–Kier alpha value is -0.820. The third-order valence-electron chi connectivity index (χ3n) is 0.805. The summed E-state index contributed by atoms with van der Waals surface area (Å²) in [6.07, 6.45) is -0.102. The molecular formula is C7H19N3O3. The summed E-state index contributed by atoms with van der Waals surface area (Å²) >= 11 is 0. The van der Waals surface area contributed by atoms with Crippen molar-refractivity contribution >= 4 is 0 Å². The minimum atomic E-state index is -0.102. The summed E-state index contributed by atoms with van der Waals surface area (Å²) in [5, 5.41) is 0. The van der Waals surface area contributed by atoms with Gasteiger partial charge in [-0.25, -0.2) is 0 Å². The lowest BCUT2D eigenvalue weighted by atomic mass is 10.7. The van der Waals surface area contributed by atoms with E-state index in [0.717, 1.165) is 0 Å². The van der Waals surface area contributed by atoms with Crippen LogP contribution in [0.25, 0.3) is 0 Å². The second-order valence-corrected chi connectivity index (χ2v) is 1.96. The Bertz CT molecular complexity index is 120. The zero-order valence-corrected chi connectivity index (χ0v) is 8.16. The van der Waals surface area contributed by atoms with E-state index in [-0.39, 0.29) is 18.9 Å². The third-order valence-corrected chi connectivity index (χ3v) is 0.805. The van der Waals surface area contributed by atoms with Crippen molar-refractivity contribution in [3.05, 3.63) is 12.5 Å². The van der Waals surface area contributed by atoms with Crippen molar-refractivity contribution < 1.29 is 14.3 Å². The Morgan fingerprint density at radius 1 is 1.54 bits per heavy atom. The van der Waals surface area contributed by atoms with Crippen molar-refractivity contribution in [2.75, 3.05) is 13.3 Å². The summed E-state index contributed by atoms with van der Waals surface area (Å²) in [7, 11) is 0. The summed E-state index contributed by atoms with van der Waals surface area (Å²) in [6.45, 7) is 7.69. The van der Waals surface area contributed by atoms with Gasteiger partial charge in [-0.05, 0) is 20.4 Å². The molecule has 0 aromatic carbocycles. The largest absolute Gasteiger partial charge is 0.449 e. The predicted octanol–water partition coefficient (Wildman–Crippen LogP) is -0.392. The van der Waals surface area contributed by atoms with E-state index in [1.807, 2.05) is 13.8 Å². The van der Waals surface area contributed by atoms with Crippen LogP contribution in [0.1, 0.15) is 13.8 Å². The van der Waals surface area contributed by atoms with Gasteiger partial charge in [0.1, 0.15) is 13.0 Å². The molecule has 0 fully saturated rings. The summed E-state index contributed by atoms with van der Waals surface area (Å²) < 4.78 is 9.25. The second kappa shape index (κ2) is 11.2. The van der Waals surface area contributed by atoms with Gasteiger partial charge in [-0.1, -0.05) is 0 Å². The van der Waals surface area contributed by atoms with Crippen LogP contribution in [0.4, 0.5) is 0 Å². The molecule has 1 unspecified atom stereocenters. The van der Waals surface area contributed by atoms with E-state index in [0.29, 0.717) is 6.61 Å². The Labute approximate surface area is 78.6 Å². The normalized spacial score (nSPS) is 10.8. The van der Waals surface area contributed by atoms with Crippen LogP contribution in [-0.4, -0.2) is 19.6 Å². The summed E-state index contributed by atoms with van der Waals surface area (Å²) in [5.41, 5.74) is 10.1. The number of nitrogens with two attached hydrogens (primary N) is 3. The van der Waals surface area contributed by atoms with Gasteiger partial charge in [0, 0.05) is 6.61 Å². The first-order valence-corrected chi connectivity index (χ1v) is 3.84. The van der Waals surface area contributed by atoms with E-state index >= 15 is 0 Å². The highest BCUT2D eigenvalue weighted by Gasteiger charge is 1.84. The molecule has 0 aromatic heterocycles. The van der Waals surface area contributed by atoms with E-state index in [1.165, 1.54) is 0 Å². The molecule has 0 aromatic rings. The monoisotopic (exact) mass is 193 g/mol. The van der Waals surface area contributed by atoms with Crippen molar-refractivity contribution in [2.24, 2.45) is 17.4 Å². The molecule has 0 spiro atoms. The van der Waals surface area contributed by atoms with Crippen molar-refractivity contribution in [3.8, 4) is 0 Å². The van der Waals surface area contributed by atoms with E-state index in [2.05, 4.69) is 22.1 Å². The first-order valence-electron chi connectivity index (χ1n) is 3.84. The van der Waals surface area contributed by atoms with Crippen LogP contribution >= 0.6 is 0 Å². The van der Waals surface area contributed by atoms with E-state index in [1.54, 1.807) is 0 Å². The predicted molar refractivity (Wildman–Crippen MR) is 49.8 cm³/mol. The number of ether oxygens (including phenoxy) is 2. The minimum absolute atomic E-state index is 0.0301. The highest BCUT2D eigenvalue weighted by atomic mass is 16.7. The molecule has 0 saturated carbocycles. The van der Waals surface area contributed by atoms with Gasteiger partial charge in [-0.15, -0.1) is 0 Å². The molecule has 6 heteroatoms. The van der Waals surface area contributed by atoms with Gasteiger partial charge in [0.15, 0.2) is 0 Å². The molecule has 0 aliphatic heterocycles. The molecule has 6 N–H and O–H groups in total. The van der Waals surface area contributed by atoms with Crippen molar-refractivity contribution in [1.82, 2.24) is 0 Å². The molecular weight excluding hydrogens is 174 g/mol. The third kappa shape index (κ3) is 18.3. The van der Waals surface area contributed by atoms with Gasteiger partial charge in [0.2, 0.25) is 0 Å². The molecule has 1 atom stereocenters. The summed E-state index contributed by atoms with van der Waals surface area (Å²) in [4.78, 5) is 3.99. The zero-order valence-electron chi connectivity index (χ0n) is 8.16. The molecule has 0 rings (SSSR count). The van der Waals surface area contributed by atoms with Gasteiger partial charge in [-0.2, -0.15) is 5.90 Å². The molecule has 0 bridgehead atoms. The Morgan fingerprint density at radius 2 is 2.08 bits per heavy atom. The standard InChI is InChI=1S/C4H11NO.C3H8N2O2/c1-3-6-4(2)5;1-3(7-5)6-2-4/h4H,3,5H2,1-2H3;1-2,4-5H2. The zero-order chi connectivity index (χ0) is 10.7. The van der Waals surface area contributed by atoms with Crippen LogP contribution in [0.5, 0.6) is 0 Å². The SMILES string of the molecule is C=C(ON)OCN.CCOC(C)N. The van der Waals surface area contributed by atoms with E-state index < -0.39 is 0 Å². The molecule has 0 heterocycles. The fourth-order valence-electron chi connectivity index (χ4n) is 0.390. The average Bonchev–Trinajstić information content (AvgIpc) is 2.05. The Kier molecular flexibility index (Phi) is 12.6. The van der Waals surface area contributed by atoms with Crippen LogP contribution in [0, 0.1) is 0 Å². The maximum atomic E-state index is 5.18. The maximum Gasteiger partial charge on any atom is 0.293 e. The molecule has 0 aliphatic rings. The minimum Gasteiger partial charge on any atom is -0.449 e. The van der Waals surface area contributed by atoms with Gasteiger partial charge in [0.25, 0.3) is 5.95 Å². The van der Waals surface area contributed by atoms with Crippen molar-refractivity contribution in [2.45, 2.75) is 20.1 Å². The lowest BCUT2D eigenvalue weighted by Gasteiger charge is -2.00. The molecule has 0 aliphatic carbocycles. The quantitative estimate of drug-likeness (QED) is 0.312. The molecule has 0 saturated heterocycles. The molecule has 6 nitrogen and oxygen atoms in total. The van der Waals surface area contributed by atoms with E-state index in [9.17, 15) is 0 Å². The molecule has 80 valence electrons. The average molecular weight is 193 g/mol. The van der Waals surface area contributed by atoms with Gasteiger partial charge in [0.05, 0.1) is 0 Å². The topological polar surface area (TPSA) is 106 Å². The lowest BCUT2D eigenvalue weighted by Crippen LogP contribution is -2.18. The van der Waals surface area contributed by atoms with Gasteiger partial charge in [-0.3, -0.25) is 5.73 Å². The van der Waals surface area contributed by atoms with Crippen LogP contribution in [-0.2, 0) is 14.3 Å². The highest BCUT2D eigenvalue weighted by Crippen LogP contribution is 1.85. The summed E-state index contributed by atoms with van der Waals surface area (Å²) in [5.74, 6) is 4.61. The lowest BCUT2D eigenvalue weighted by molar-refractivity contribution is 0.0396. The smallest absolute Gasteiger partial charge is 0.293 e. The van der Waals surface area contributed by atoms with Crippen LogP contribution in [0.3, 0.4) is 0 Å². The van der Waals surface area contributed by atoms with Gasteiger partial charge >= 0.3 is 0 Å². The van der Waals surface area contributed by atoms with Crippen molar-refractivity contribution in [3.63, 3.8) is 0 Å². The number of rotatable bonds is 5. The fourth-order valence-corrected chi connectivity index (χ4v) is 0.390. The Morgan fingerprint density at radius 3 is 2.15 bits per heavy atom. The van der Waals surface area contributed by atoms with E-state index in [4.69, 9.17) is 16.2 Å². The maximum absolute atomic E-state index is 5.18. The van der Waals surface area contributed by atoms with Crippen LogP contribution in [0.2, 0.25) is 0 Å². The first kappa shape index (κ1) is 14.7. The molecule has 0 amide bonds.